The molecule has 118 valence electrons. The fourth-order valence-corrected chi connectivity index (χ4v) is 3.54. The van der Waals surface area contributed by atoms with Gasteiger partial charge in [-0.3, -0.25) is 0 Å². The van der Waals surface area contributed by atoms with E-state index >= 15 is 0 Å². The van der Waals surface area contributed by atoms with Gasteiger partial charge in [-0.05, 0) is 43.2 Å². The number of rotatable bonds is 9. The molecule has 0 amide bonds. The number of benzene rings is 1. The molecule has 0 radical (unpaired) electrons. The number of aliphatic hydroxyl groups is 1. The molecule has 21 heavy (non-hydrogen) atoms. The minimum Gasteiger partial charge on any atom is -0.491 e. The molecule has 1 aliphatic rings. The molecule has 0 aliphatic heterocycles. The Balaban J connectivity index is 1.66. The third-order valence-electron chi connectivity index (χ3n) is 4.27. The van der Waals surface area contributed by atoms with Gasteiger partial charge in [-0.1, -0.05) is 25.5 Å². The van der Waals surface area contributed by atoms with Crippen molar-refractivity contribution >= 4 is 11.8 Å². The van der Waals surface area contributed by atoms with Crippen molar-refractivity contribution in [1.82, 2.24) is 5.32 Å². The van der Waals surface area contributed by atoms with Crippen molar-refractivity contribution < 1.29 is 9.84 Å². The fraction of sp³-hybridized carbons (Fsp3) is 0.647. The van der Waals surface area contributed by atoms with Gasteiger partial charge in [0.1, 0.15) is 18.5 Å². The second kappa shape index (κ2) is 8.06. The highest BCUT2D eigenvalue weighted by Crippen LogP contribution is 2.42. The highest BCUT2D eigenvalue weighted by molar-refractivity contribution is 8.00. The van der Waals surface area contributed by atoms with E-state index < -0.39 is 6.10 Å². The van der Waals surface area contributed by atoms with Crippen LogP contribution in [0.1, 0.15) is 31.7 Å². The van der Waals surface area contributed by atoms with Gasteiger partial charge in [-0.25, -0.2) is 0 Å². The van der Waals surface area contributed by atoms with Crippen LogP contribution in [-0.2, 0) is 6.42 Å². The lowest BCUT2D eigenvalue weighted by Crippen LogP contribution is -2.45. The van der Waals surface area contributed by atoms with Crippen LogP contribution in [0.15, 0.2) is 24.3 Å². The number of aryl methyl sites for hydroxylation is 1. The summed E-state index contributed by atoms with van der Waals surface area (Å²) < 4.78 is 6.08. The smallest absolute Gasteiger partial charge is 0.119 e. The van der Waals surface area contributed by atoms with E-state index in [-0.39, 0.29) is 0 Å². The van der Waals surface area contributed by atoms with Crippen LogP contribution in [0, 0.1) is 0 Å². The van der Waals surface area contributed by atoms with E-state index in [1.54, 1.807) is 0 Å². The SMILES string of the molecule is CCc1cccc(OCC(O)CNCC2(SC)CCC2)c1. The molecule has 1 aromatic rings. The van der Waals surface area contributed by atoms with Gasteiger partial charge in [0.15, 0.2) is 0 Å². The Kier molecular flexibility index (Phi) is 6.40. The molecule has 0 heterocycles. The van der Waals surface area contributed by atoms with Crippen molar-refractivity contribution in [2.45, 2.75) is 43.5 Å². The first-order chi connectivity index (χ1) is 10.2. The summed E-state index contributed by atoms with van der Waals surface area (Å²) in [6.45, 7) is 4.04. The van der Waals surface area contributed by atoms with Gasteiger partial charge in [0.2, 0.25) is 0 Å². The number of nitrogens with one attached hydrogen (secondary N) is 1. The first-order valence-electron chi connectivity index (χ1n) is 7.83. The fourth-order valence-electron chi connectivity index (χ4n) is 2.60. The van der Waals surface area contributed by atoms with Crippen molar-refractivity contribution in [2.24, 2.45) is 0 Å². The molecule has 1 aliphatic carbocycles. The third kappa shape index (κ3) is 4.90. The van der Waals surface area contributed by atoms with Crippen molar-refractivity contribution in [1.29, 1.82) is 0 Å². The zero-order chi connectivity index (χ0) is 15.1. The molecule has 0 aromatic heterocycles. The Morgan fingerprint density at radius 1 is 1.43 bits per heavy atom. The lowest BCUT2D eigenvalue weighted by Gasteiger charge is -2.40. The molecular weight excluding hydrogens is 282 g/mol. The molecule has 1 atom stereocenters. The third-order valence-corrected chi connectivity index (χ3v) is 5.69. The molecule has 0 saturated heterocycles. The monoisotopic (exact) mass is 309 g/mol. The van der Waals surface area contributed by atoms with Gasteiger partial charge in [-0.15, -0.1) is 0 Å². The van der Waals surface area contributed by atoms with Gasteiger partial charge in [0.25, 0.3) is 0 Å². The van der Waals surface area contributed by atoms with Crippen LogP contribution in [0.2, 0.25) is 0 Å². The number of hydrogen-bond acceptors (Lipinski definition) is 4. The first-order valence-corrected chi connectivity index (χ1v) is 9.05. The summed E-state index contributed by atoms with van der Waals surface area (Å²) in [6.07, 6.45) is 6.63. The van der Waals surface area contributed by atoms with Crippen molar-refractivity contribution in [2.75, 3.05) is 26.0 Å². The van der Waals surface area contributed by atoms with Gasteiger partial charge in [0.05, 0.1) is 0 Å². The molecule has 1 saturated carbocycles. The minimum atomic E-state index is -0.464. The molecule has 1 fully saturated rings. The van der Waals surface area contributed by atoms with E-state index in [0.717, 1.165) is 18.7 Å². The van der Waals surface area contributed by atoms with E-state index in [0.29, 0.717) is 17.9 Å². The summed E-state index contributed by atoms with van der Waals surface area (Å²) >= 11 is 1.95. The Morgan fingerprint density at radius 2 is 2.24 bits per heavy atom. The maximum atomic E-state index is 10.0. The molecule has 0 spiro atoms. The van der Waals surface area contributed by atoms with Gasteiger partial charge >= 0.3 is 0 Å². The van der Waals surface area contributed by atoms with Crippen LogP contribution in [0.4, 0.5) is 0 Å². The highest BCUT2D eigenvalue weighted by Gasteiger charge is 2.35. The summed E-state index contributed by atoms with van der Waals surface area (Å²) in [6, 6.07) is 8.07. The highest BCUT2D eigenvalue weighted by atomic mass is 32.2. The number of hydrogen-bond donors (Lipinski definition) is 2. The zero-order valence-corrected chi connectivity index (χ0v) is 13.9. The summed E-state index contributed by atoms with van der Waals surface area (Å²) in [7, 11) is 0. The van der Waals surface area contributed by atoms with Crippen molar-refractivity contribution in [3.8, 4) is 5.75 Å². The summed E-state index contributed by atoms with van der Waals surface area (Å²) in [5, 5.41) is 13.4. The van der Waals surface area contributed by atoms with Crippen LogP contribution >= 0.6 is 11.8 Å². The van der Waals surface area contributed by atoms with Crippen LogP contribution in [0.25, 0.3) is 0 Å². The average Bonchev–Trinajstić information content (AvgIpc) is 2.48. The summed E-state index contributed by atoms with van der Waals surface area (Å²) in [5.41, 5.74) is 1.26. The molecule has 2 N–H and O–H groups in total. The second-order valence-electron chi connectivity index (χ2n) is 5.84. The quantitative estimate of drug-likeness (QED) is 0.736. The lowest BCUT2D eigenvalue weighted by atomic mass is 9.84. The second-order valence-corrected chi connectivity index (χ2v) is 7.11. The Morgan fingerprint density at radius 3 is 2.86 bits per heavy atom. The largest absolute Gasteiger partial charge is 0.491 e. The Hall–Kier alpha value is -0.710. The van der Waals surface area contributed by atoms with Crippen LogP contribution in [0.3, 0.4) is 0 Å². The zero-order valence-electron chi connectivity index (χ0n) is 13.1. The van der Waals surface area contributed by atoms with Gasteiger partial charge in [-0.2, -0.15) is 11.8 Å². The normalized spacial score (nSPS) is 18.0. The Bertz CT molecular complexity index is 429. The maximum Gasteiger partial charge on any atom is 0.119 e. The van der Waals surface area contributed by atoms with E-state index in [1.807, 2.05) is 30.0 Å². The predicted molar refractivity (Wildman–Crippen MR) is 90.3 cm³/mol. The summed E-state index contributed by atoms with van der Waals surface area (Å²) in [5.74, 6) is 0.841. The number of thioether (sulfide) groups is 1. The summed E-state index contributed by atoms with van der Waals surface area (Å²) in [4.78, 5) is 0. The topological polar surface area (TPSA) is 41.5 Å². The molecule has 0 bridgehead atoms. The van der Waals surface area contributed by atoms with E-state index in [9.17, 15) is 5.11 Å². The molecule has 1 unspecified atom stereocenters. The molecular formula is C17H27NO2S. The van der Waals surface area contributed by atoms with Crippen LogP contribution in [0.5, 0.6) is 5.75 Å². The van der Waals surface area contributed by atoms with Crippen molar-refractivity contribution in [3.63, 3.8) is 0 Å². The van der Waals surface area contributed by atoms with E-state index in [2.05, 4.69) is 24.6 Å². The van der Waals surface area contributed by atoms with Crippen LogP contribution in [-0.4, -0.2) is 41.9 Å². The van der Waals surface area contributed by atoms with E-state index in [1.165, 1.54) is 24.8 Å². The van der Waals surface area contributed by atoms with Gasteiger partial charge < -0.3 is 15.2 Å². The van der Waals surface area contributed by atoms with Gasteiger partial charge in [0, 0.05) is 17.8 Å². The Labute approximate surface area is 132 Å². The van der Waals surface area contributed by atoms with Crippen molar-refractivity contribution in [3.05, 3.63) is 29.8 Å². The van der Waals surface area contributed by atoms with E-state index in [4.69, 9.17) is 4.74 Å². The van der Waals surface area contributed by atoms with Crippen LogP contribution < -0.4 is 10.1 Å². The number of aliphatic hydroxyl groups excluding tert-OH is 1. The number of ether oxygens (including phenoxy) is 1. The maximum absolute atomic E-state index is 10.0. The molecule has 3 nitrogen and oxygen atoms in total. The average molecular weight is 309 g/mol. The minimum absolute atomic E-state index is 0.340. The molecule has 2 rings (SSSR count). The molecule has 1 aromatic carbocycles. The predicted octanol–water partition coefficient (Wildman–Crippen LogP) is 2.86. The first kappa shape index (κ1) is 16.7. The lowest BCUT2D eigenvalue weighted by molar-refractivity contribution is 0.105. The molecule has 4 heteroatoms. The standard InChI is InChI=1S/C17H27NO2S/c1-3-14-6-4-7-16(10-14)20-12-15(19)11-18-13-17(21-2)8-5-9-17/h4,6-7,10,15,18-19H,3,5,8-9,11-13H2,1-2H3.